The number of nitrogens with zero attached hydrogens (tertiary/aromatic N) is 2. The van der Waals surface area contributed by atoms with Gasteiger partial charge < -0.3 is 10.0 Å². The number of carbonyl (C=O) groups is 2. The third-order valence-corrected chi connectivity index (χ3v) is 3.07. The Balaban J connectivity index is 0. The fraction of sp³-hybridized carbons (Fsp3) is 0.857. The second kappa shape index (κ2) is 14.1. The topological polar surface area (TPSA) is 81.1 Å². The van der Waals surface area contributed by atoms with E-state index in [0.29, 0.717) is 5.06 Å². The lowest BCUT2D eigenvalue weighted by Gasteiger charge is -2.13. The van der Waals surface area contributed by atoms with Gasteiger partial charge in [0.05, 0.1) is 13.0 Å². The Morgan fingerprint density at radius 3 is 1.90 bits per heavy atom. The van der Waals surface area contributed by atoms with E-state index in [1.165, 1.54) is 19.3 Å². The Morgan fingerprint density at radius 2 is 1.38 bits per heavy atom. The summed E-state index contributed by atoms with van der Waals surface area (Å²) in [5, 5.41) is 18.3. The van der Waals surface area contributed by atoms with Gasteiger partial charge in [0, 0.05) is 6.42 Å². The standard InChI is InChI=1S/C14H28N2O4.ClH/c1-15(2)11-8-6-4-3-5-7-9-13(17)16(20)12-10-14(18)19;/h20H,3-12H2,1-2H3,(H,18,19);1H. The molecule has 0 heterocycles. The summed E-state index contributed by atoms with van der Waals surface area (Å²) in [6, 6.07) is 0. The molecular weight excluding hydrogens is 296 g/mol. The molecule has 0 saturated heterocycles. The van der Waals surface area contributed by atoms with Crippen LogP contribution in [0, 0.1) is 0 Å². The van der Waals surface area contributed by atoms with Crippen LogP contribution in [0.1, 0.15) is 51.4 Å². The van der Waals surface area contributed by atoms with Crippen molar-refractivity contribution in [1.29, 1.82) is 0 Å². The number of rotatable bonds is 12. The van der Waals surface area contributed by atoms with Crippen LogP contribution in [0.15, 0.2) is 0 Å². The number of unbranched alkanes of at least 4 members (excludes halogenated alkanes) is 5. The number of carbonyl (C=O) groups excluding carboxylic acids is 1. The number of amides is 1. The minimum Gasteiger partial charge on any atom is -0.481 e. The molecule has 1 amide bonds. The van der Waals surface area contributed by atoms with Gasteiger partial charge in [-0.2, -0.15) is 0 Å². The third-order valence-electron chi connectivity index (χ3n) is 3.07. The molecule has 0 radical (unpaired) electrons. The molecule has 0 spiro atoms. The lowest BCUT2D eigenvalue weighted by atomic mass is 10.1. The van der Waals surface area contributed by atoms with Gasteiger partial charge in [0.2, 0.25) is 5.91 Å². The van der Waals surface area contributed by atoms with E-state index < -0.39 is 5.97 Å². The summed E-state index contributed by atoms with van der Waals surface area (Å²) in [4.78, 5) is 23.9. The van der Waals surface area contributed by atoms with Gasteiger partial charge in [-0.15, -0.1) is 12.4 Å². The van der Waals surface area contributed by atoms with Crippen molar-refractivity contribution in [2.45, 2.75) is 51.4 Å². The van der Waals surface area contributed by atoms with Crippen molar-refractivity contribution in [3.63, 3.8) is 0 Å². The van der Waals surface area contributed by atoms with Crippen molar-refractivity contribution in [3.05, 3.63) is 0 Å². The molecule has 6 nitrogen and oxygen atoms in total. The third kappa shape index (κ3) is 15.4. The van der Waals surface area contributed by atoms with Gasteiger partial charge in [0.1, 0.15) is 0 Å². The van der Waals surface area contributed by atoms with E-state index in [0.717, 1.165) is 25.8 Å². The summed E-state index contributed by atoms with van der Waals surface area (Å²) in [6.07, 6.45) is 6.45. The van der Waals surface area contributed by atoms with Crippen LogP contribution in [0.5, 0.6) is 0 Å². The van der Waals surface area contributed by atoms with E-state index in [9.17, 15) is 14.8 Å². The SMILES string of the molecule is CN(C)CCCCCCCCC(=O)N(O)CCC(=O)O.Cl. The van der Waals surface area contributed by atoms with Gasteiger partial charge in [0.15, 0.2) is 0 Å². The highest BCUT2D eigenvalue weighted by Gasteiger charge is 2.11. The van der Waals surface area contributed by atoms with Crippen LogP contribution in [0.25, 0.3) is 0 Å². The summed E-state index contributed by atoms with van der Waals surface area (Å²) >= 11 is 0. The number of aliphatic carboxylic acids is 1. The van der Waals surface area contributed by atoms with Crippen molar-refractivity contribution in [1.82, 2.24) is 9.96 Å². The first kappa shape index (κ1) is 22.4. The highest BCUT2D eigenvalue weighted by atomic mass is 35.5. The molecule has 0 rings (SSSR count). The van der Waals surface area contributed by atoms with Crippen LogP contribution in [0.2, 0.25) is 0 Å². The number of carboxylic acid groups (broad SMARTS) is 1. The van der Waals surface area contributed by atoms with Crippen LogP contribution < -0.4 is 0 Å². The highest BCUT2D eigenvalue weighted by Crippen LogP contribution is 2.08. The fourth-order valence-corrected chi connectivity index (χ4v) is 1.87. The van der Waals surface area contributed by atoms with Gasteiger partial charge in [-0.1, -0.05) is 25.7 Å². The molecule has 0 unspecified atom stereocenters. The quantitative estimate of drug-likeness (QED) is 0.327. The molecule has 0 saturated carbocycles. The van der Waals surface area contributed by atoms with Crippen LogP contribution >= 0.6 is 12.4 Å². The average molecular weight is 325 g/mol. The maximum atomic E-state index is 11.4. The predicted octanol–water partition coefficient (Wildman–Crippen LogP) is 2.39. The van der Waals surface area contributed by atoms with Crippen molar-refractivity contribution >= 4 is 24.3 Å². The Morgan fingerprint density at radius 1 is 0.857 bits per heavy atom. The summed E-state index contributed by atoms with van der Waals surface area (Å²) in [5.74, 6) is -1.41. The Bertz CT molecular complexity index is 288. The van der Waals surface area contributed by atoms with Crippen LogP contribution in [0.4, 0.5) is 0 Å². The second-order valence-electron chi connectivity index (χ2n) is 5.34. The zero-order chi connectivity index (χ0) is 15.4. The molecule has 0 atom stereocenters. The molecule has 0 aliphatic rings. The molecule has 21 heavy (non-hydrogen) atoms. The van der Waals surface area contributed by atoms with Gasteiger partial charge in [-0.3, -0.25) is 14.8 Å². The van der Waals surface area contributed by atoms with Gasteiger partial charge in [0.25, 0.3) is 0 Å². The van der Waals surface area contributed by atoms with Gasteiger partial charge in [-0.05, 0) is 33.5 Å². The lowest BCUT2D eigenvalue weighted by Crippen LogP contribution is -2.29. The van der Waals surface area contributed by atoms with Gasteiger partial charge in [-0.25, -0.2) is 5.06 Å². The lowest BCUT2D eigenvalue weighted by molar-refractivity contribution is -0.167. The Kier molecular flexibility index (Phi) is 15.1. The van der Waals surface area contributed by atoms with E-state index in [1.807, 2.05) is 0 Å². The van der Waals surface area contributed by atoms with Crippen LogP contribution in [0.3, 0.4) is 0 Å². The smallest absolute Gasteiger partial charge is 0.305 e. The predicted molar refractivity (Wildman–Crippen MR) is 83.9 cm³/mol. The molecule has 0 aromatic carbocycles. The van der Waals surface area contributed by atoms with Crippen LogP contribution in [-0.4, -0.2) is 59.3 Å². The van der Waals surface area contributed by atoms with E-state index in [2.05, 4.69) is 19.0 Å². The molecule has 0 aromatic heterocycles. The van der Waals surface area contributed by atoms with Crippen LogP contribution in [-0.2, 0) is 9.59 Å². The summed E-state index contributed by atoms with van der Waals surface area (Å²) in [6.45, 7) is 0.972. The number of hydrogen-bond donors (Lipinski definition) is 2. The van der Waals surface area contributed by atoms with E-state index in [4.69, 9.17) is 5.11 Å². The first-order chi connectivity index (χ1) is 9.43. The minimum absolute atomic E-state index is 0. The molecular formula is C14H29ClN2O4. The average Bonchev–Trinajstić information content (AvgIpc) is 2.38. The van der Waals surface area contributed by atoms with Crippen molar-refractivity contribution in [3.8, 4) is 0 Å². The first-order valence-corrected chi connectivity index (χ1v) is 7.29. The molecule has 0 bridgehead atoms. The zero-order valence-corrected chi connectivity index (χ0v) is 13.9. The molecule has 0 fully saturated rings. The van der Waals surface area contributed by atoms with Crippen molar-refractivity contribution < 1.29 is 19.9 Å². The fourth-order valence-electron chi connectivity index (χ4n) is 1.87. The number of hydrogen-bond acceptors (Lipinski definition) is 4. The van der Waals surface area contributed by atoms with Crippen molar-refractivity contribution in [2.24, 2.45) is 0 Å². The highest BCUT2D eigenvalue weighted by molar-refractivity contribution is 5.85. The molecule has 2 N–H and O–H groups in total. The summed E-state index contributed by atoms with van der Waals surface area (Å²) in [5.41, 5.74) is 0. The van der Waals surface area contributed by atoms with E-state index >= 15 is 0 Å². The molecule has 0 aliphatic heterocycles. The molecule has 0 aromatic rings. The maximum Gasteiger partial charge on any atom is 0.305 e. The molecule has 126 valence electrons. The maximum absolute atomic E-state index is 11.4. The van der Waals surface area contributed by atoms with Gasteiger partial charge >= 0.3 is 5.97 Å². The number of halogens is 1. The van der Waals surface area contributed by atoms with E-state index in [1.54, 1.807) is 0 Å². The summed E-state index contributed by atoms with van der Waals surface area (Å²) < 4.78 is 0. The number of hydroxylamine groups is 2. The minimum atomic E-state index is -1.02. The monoisotopic (exact) mass is 324 g/mol. The number of carboxylic acids is 1. The largest absolute Gasteiger partial charge is 0.481 e. The van der Waals surface area contributed by atoms with E-state index in [-0.39, 0.29) is 37.7 Å². The zero-order valence-electron chi connectivity index (χ0n) is 13.1. The Hall–Kier alpha value is -0.850. The second-order valence-corrected chi connectivity index (χ2v) is 5.34. The Labute approximate surface area is 133 Å². The first-order valence-electron chi connectivity index (χ1n) is 7.29. The summed E-state index contributed by atoms with van der Waals surface area (Å²) in [7, 11) is 4.13. The molecule has 7 heteroatoms. The normalized spacial score (nSPS) is 10.3. The van der Waals surface area contributed by atoms with Crippen molar-refractivity contribution in [2.75, 3.05) is 27.2 Å². The molecule has 0 aliphatic carbocycles.